The van der Waals surface area contributed by atoms with Crippen molar-refractivity contribution in [3.8, 4) is 5.75 Å². The number of rotatable bonds is 4. The first-order valence-electron chi connectivity index (χ1n) is 7.58. The van der Waals surface area contributed by atoms with Crippen LogP contribution in [0.25, 0.3) is 0 Å². The van der Waals surface area contributed by atoms with Crippen LogP contribution in [0.3, 0.4) is 0 Å². The van der Waals surface area contributed by atoms with E-state index in [0.717, 1.165) is 19.3 Å². The molecule has 0 bridgehead atoms. The van der Waals surface area contributed by atoms with Crippen molar-refractivity contribution in [1.29, 1.82) is 0 Å². The number of nitrogens with two attached hydrogens (primary N) is 1. The van der Waals surface area contributed by atoms with Crippen LogP contribution in [0.5, 0.6) is 5.75 Å². The smallest absolute Gasteiger partial charge is 0.263 e. The second-order valence-corrected chi connectivity index (χ2v) is 6.20. The van der Waals surface area contributed by atoms with Crippen LogP contribution in [-0.4, -0.2) is 35.5 Å². The van der Waals surface area contributed by atoms with E-state index in [1.54, 1.807) is 11.8 Å². The van der Waals surface area contributed by atoms with E-state index in [0.29, 0.717) is 12.3 Å². The monoisotopic (exact) mass is 364 g/mol. The lowest BCUT2D eigenvalue weighted by molar-refractivity contribution is -0.142. The summed E-state index contributed by atoms with van der Waals surface area (Å²) in [6, 6.07) is 3.81. The number of hydrogen-bond donors (Lipinski definition) is 1. The van der Waals surface area contributed by atoms with Gasteiger partial charge in [-0.2, -0.15) is 0 Å². The average molecular weight is 365 g/mol. The topological polar surface area (TPSA) is 55.6 Å². The van der Waals surface area contributed by atoms with E-state index in [1.807, 2.05) is 6.92 Å². The van der Waals surface area contributed by atoms with Crippen LogP contribution >= 0.6 is 24.0 Å². The highest BCUT2D eigenvalue weighted by molar-refractivity contribution is 6.32. The third-order valence-electron chi connectivity index (χ3n) is 3.98. The molecule has 0 aliphatic carbocycles. The molecule has 1 heterocycles. The fraction of sp³-hybridized carbons (Fsp3) is 0.562. The van der Waals surface area contributed by atoms with Crippen LogP contribution in [0.15, 0.2) is 18.2 Å². The Bertz CT molecular complexity index is 543. The third kappa shape index (κ3) is 4.96. The molecule has 7 heteroatoms. The lowest BCUT2D eigenvalue weighted by Crippen LogP contribution is -2.54. The number of hydrogen-bond acceptors (Lipinski definition) is 3. The first-order chi connectivity index (χ1) is 10.4. The van der Waals surface area contributed by atoms with E-state index in [-0.39, 0.29) is 35.4 Å². The van der Waals surface area contributed by atoms with Gasteiger partial charge >= 0.3 is 0 Å². The van der Waals surface area contributed by atoms with Gasteiger partial charge in [-0.25, -0.2) is 4.39 Å². The Kier molecular flexibility index (Phi) is 7.58. The number of carbonyl (C=O) groups excluding carboxylic acids is 1. The molecule has 1 fully saturated rings. The summed E-state index contributed by atoms with van der Waals surface area (Å²) in [5.74, 6) is -0.245. The zero-order valence-electron chi connectivity index (χ0n) is 13.3. The predicted molar refractivity (Wildman–Crippen MR) is 91.7 cm³/mol. The number of amides is 1. The molecule has 0 aromatic heterocycles. The summed E-state index contributed by atoms with van der Waals surface area (Å²) in [6.45, 7) is 4.28. The fourth-order valence-corrected chi connectivity index (χ4v) is 3.03. The highest BCUT2D eigenvalue weighted by Gasteiger charge is 2.32. The molecule has 0 radical (unpaired) electrons. The van der Waals surface area contributed by atoms with E-state index in [1.165, 1.54) is 18.2 Å². The third-order valence-corrected chi connectivity index (χ3v) is 4.28. The molecule has 1 aliphatic heterocycles. The largest absolute Gasteiger partial charge is 0.479 e. The Morgan fingerprint density at radius 3 is 2.74 bits per heavy atom. The van der Waals surface area contributed by atoms with Crippen LogP contribution in [0.4, 0.5) is 4.39 Å². The summed E-state index contributed by atoms with van der Waals surface area (Å²) < 4.78 is 18.7. The van der Waals surface area contributed by atoms with Gasteiger partial charge in [0.25, 0.3) is 5.91 Å². The second-order valence-electron chi connectivity index (χ2n) is 5.79. The first kappa shape index (κ1) is 20.0. The standard InChI is InChI=1S/C16H22ClFN2O2.ClH/c1-10(19)14-5-3-4-8-20(14)16(21)11(2)22-15-7-6-12(18)9-13(15)17;/h6-7,9-11,14H,3-5,8,19H2,1-2H3;1H. The van der Waals surface area contributed by atoms with Gasteiger partial charge in [0.2, 0.25) is 0 Å². The Labute approximate surface area is 147 Å². The van der Waals surface area contributed by atoms with Crippen LogP contribution in [0.1, 0.15) is 33.1 Å². The molecule has 0 saturated carbocycles. The fourth-order valence-electron chi connectivity index (χ4n) is 2.82. The summed E-state index contributed by atoms with van der Waals surface area (Å²) in [5.41, 5.74) is 5.99. The molecule has 23 heavy (non-hydrogen) atoms. The zero-order valence-corrected chi connectivity index (χ0v) is 14.9. The maximum Gasteiger partial charge on any atom is 0.263 e. The number of nitrogens with zero attached hydrogens (tertiary/aromatic N) is 1. The van der Waals surface area contributed by atoms with Crippen molar-refractivity contribution in [2.45, 2.75) is 51.3 Å². The number of carbonyl (C=O) groups is 1. The van der Waals surface area contributed by atoms with E-state index in [9.17, 15) is 9.18 Å². The van der Waals surface area contributed by atoms with Crippen LogP contribution in [0.2, 0.25) is 5.02 Å². The molecule has 4 nitrogen and oxygen atoms in total. The molecule has 2 N–H and O–H groups in total. The normalized spacial score (nSPS) is 20.4. The summed E-state index contributed by atoms with van der Waals surface area (Å²) >= 11 is 5.93. The minimum absolute atomic E-state index is 0. The van der Waals surface area contributed by atoms with Gasteiger partial charge in [-0.05, 0) is 51.3 Å². The molecule has 2 rings (SSSR count). The zero-order chi connectivity index (χ0) is 16.3. The van der Waals surface area contributed by atoms with E-state index < -0.39 is 11.9 Å². The molecule has 3 atom stereocenters. The van der Waals surface area contributed by atoms with Crippen LogP contribution in [-0.2, 0) is 4.79 Å². The van der Waals surface area contributed by atoms with Gasteiger partial charge in [-0.15, -0.1) is 12.4 Å². The number of halogens is 3. The number of benzene rings is 1. The van der Waals surface area contributed by atoms with Crippen LogP contribution in [0, 0.1) is 5.82 Å². The van der Waals surface area contributed by atoms with Gasteiger partial charge in [0, 0.05) is 18.6 Å². The van der Waals surface area contributed by atoms with Crippen molar-refractivity contribution in [3.63, 3.8) is 0 Å². The Hall–Kier alpha value is -1.04. The first-order valence-corrected chi connectivity index (χ1v) is 7.95. The maximum absolute atomic E-state index is 13.0. The Morgan fingerprint density at radius 1 is 1.43 bits per heavy atom. The number of likely N-dealkylation sites (tertiary alicyclic amines) is 1. The average Bonchev–Trinajstić information content (AvgIpc) is 2.49. The quantitative estimate of drug-likeness (QED) is 0.890. The van der Waals surface area contributed by atoms with Gasteiger partial charge in [0.1, 0.15) is 11.6 Å². The van der Waals surface area contributed by atoms with E-state index in [2.05, 4.69) is 0 Å². The minimum atomic E-state index is -0.692. The molecule has 0 spiro atoms. The molecular weight excluding hydrogens is 342 g/mol. The molecule has 3 unspecified atom stereocenters. The predicted octanol–water partition coefficient (Wildman–Crippen LogP) is 3.40. The van der Waals surface area contributed by atoms with Crippen molar-refractivity contribution < 1.29 is 13.9 Å². The van der Waals surface area contributed by atoms with Gasteiger partial charge in [0.05, 0.1) is 5.02 Å². The second kappa shape index (κ2) is 8.71. The van der Waals surface area contributed by atoms with Gasteiger partial charge in [-0.1, -0.05) is 11.6 Å². The summed E-state index contributed by atoms with van der Waals surface area (Å²) in [7, 11) is 0. The molecule has 130 valence electrons. The van der Waals surface area contributed by atoms with E-state index >= 15 is 0 Å². The lowest BCUT2D eigenvalue weighted by Gasteiger charge is -2.39. The Morgan fingerprint density at radius 2 is 2.13 bits per heavy atom. The van der Waals surface area contributed by atoms with Crippen molar-refractivity contribution >= 4 is 29.9 Å². The van der Waals surface area contributed by atoms with Gasteiger partial charge in [-0.3, -0.25) is 4.79 Å². The van der Waals surface area contributed by atoms with Crippen molar-refractivity contribution in [2.24, 2.45) is 5.73 Å². The SMILES string of the molecule is CC(Oc1ccc(F)cc1Cl)C(=O)N1CCCCC1C(C)N.Cl. The molecule has 1 aromatic carbocycles. The molecule has 1 saturated heterocycles. The van der Waals surface area contributed by atoms with Crippen LogP contribution < -0.4 is 10.5 Å². The summed E-state index contributed by atoms with van der Waals surface area (Å²) in [4.78, 5) is 14.4. The molecule has 1 aliphatic rings. The highest BCUT2D eigenvalue weighted by Crippen LogP contribution is 2.27. The Balaban J connectivity index is 0.00000264. The molecule has 1 aromatic rings. The lowest BCUT2D eigenvalue weighted by atomic mass is 9.96. The van der Waals surface area contributed by atoms with Crippen molar-refractivity contribution in [3.05, 3.63) is 29.0 Å². The summed E-state index contributed by atoms with van der Waals surface area (Å²) in [5, 5.41) is 0.155. The van der Waals surface area contributed by atoms with Gasteiger partial charge < -0.3 is 15.4 Å². The maximum atomic E-state index is 13.0. The number of ether oxygens (including phenoxy) is 1. The molecule has 1 amide bonds. The van der Waals surface area contributed by atoms with E-state index in [4.69, 9.17) is 22.1 Å². The van der Waals surface area contributed by atoms with Gasteiger partial charge in [0.15, 0.2) is 6.10 Å². The summed E-state index contributed by atoms with van der Waals surface area (Å²) in [6.07, 6.45) is 2.27. The molecular formula is C16H23Cl2FN2O2. The highest BCUT2D eigenvalue weighted by atomic mass is 35.5. The number of piperidine rings is 1. The van der Waals surface area contributed by atoms with Crippen molar-refractivity contribution in [2.75, 3.05) is 6.54 Å². The van der Waals surface area contributed by atoms with Crippen molar-refractivity contribution in [1.82, 2.24) is 4.90 Å². The minimum Gasteiger partial charge on any atom is -0.479 e.